The molecule has 22 heavy (non-hydrogen) atoms. The Hall–Kier alpha value is -2.34. The molecule has 1 N–H and O–H groups in total. The first-order valence-electron chi connectivity index (χ1n) is 7.17. The molecule has 1 aromatic carbocycles. The van der Waals surface area contributed by atoms with Crippen LogP contribution in [-0.4, -0.2) is 40.8 Å². The third-order valence-electron chi connectivity index (χ3n) is 3.78. The maximum Gasteiger partial charge on any atom is 0.308 e. The Morgan fingerprint density at radius 1 is 1.41 bits per heavy atom. The number of benzene rings is 1. The van der Waals surface area contributed by atoms with E-state index >= 15 is 0 Å². The maximum atomic E-state index is 12.0. The maximum absolute atomic E-state index is 12.0. The highest BCUT2D eigenvalue weighted by Gasteiger charge is 2.51. The monoisotopic (exact) mass is 303 g/mol. The fraction of sp³-hybridized carbons (Fsp3) is 0.375. The fourth-order valence-electron chi connectivity index (χ4n) is 2.67. The molecule has 0 spiro atoms. The van der Waals surface area contributed by atoms with E-state index in [0.29, 0.717) is 12.2 Å². The van der Waals surface area contributed by atoms with Crippen molar-refractivity contribution in [2.45, 2.75) is 31.7 Å². The molecule has 116 valence electrons. The Labute approximate surface area is 127 Å². The molecule has 0 radical (unpaired) electrons. The molecule has 2 atom stereocenters. The van der Waals surface area contributed by atoms with Gasteiger partial charge in [-0.05, 0) is 11.6 Å². The van der Waals surface area contributed by atoms with Crippen LogP contribution >= 0.6 is 0 Å². The van der Waals surface area contributed by atoms with Crippen molar-refractivity contribution in [1.29, 1.82) is 0 Å². The second kappa shape index (κ2) is 6.19. The van der Waals surface area contributed by atoms with Crippen LogP contribution < -0.4 is 0 Å². The second-order valence-electron chi connectivity index (χ2n) is 5.23. The minimum Gasteiger partial charge on any atom is -0.472 e. The molecule has 0 saturated carbocycles. The van der Waals surface area contributed by atoms with Gasteiger partial charge in [0, 0.05) is 0 Å². The van der Waals surface area contributed by atoms with E-state index < -0.39 is 12.0 Å². The molecule has 2 unspecified atom stereocenters. The van der Waals surface area contributed by atoms with Crippen LogP contribution in [0.1, 0.15) is 18.4 Å². The van der Waals surface area contributed by atoms with E-state index in [-0.39, 0.29) is 31.8 Å². The predicted molar refractivity (Wildman–Crippen MR) is 76.1 cm³/mol. The van der Waals surface area contributed by atoms with Crippen LogP contribution in [0.3, 0.4) is 0 Å². The Balaban J connectivity index is 1.59. The molecule has 1 amide bonds. The zero-order valence-electron chi connectivity index (χ0n) is 12.0. The first-order valence-corrected chi connectivity index (χ1v) is 7.17. The Morgan fingerprint density at radius 3 is 2.86 bits per heavy atom. The Bertz CT molecular complexity index is 598. The normalized spacial score (nSPS) is 24.7. The van der Waals surface area contributed by atoms with Crippen molar-refractivity contribution in [1.82, 2.24) is 4.90 Å². The minimum atomic E-state index is -0.471. The van der Waals surface area contributed by atoms with Gasteiger partial charge in [-0.2, -0.15) is 0 Å². The van der Waals surface area contributed by atoms with Gasteiger partial charge in [-0.3, -0.25) is 14.5 Å². The smallest absolute Gasteiger partial charge is 0.308 e. The van der Waals surface area contributed by atoms with Gasteiger partial charge in [-0.25, -0.2) is 0 Å². The SMILES string of the molecule is O=C(CC1C(=CCO)OC2CC(=O)N21)OCc1ccccc1. The number of amides is 1. The van der Waals surface area contributed by atoms with Crippen molar-refractivity contribution in [3.8, 4) is 0 Å². The number of nitrogens with zero attached hydrogens (tertiary/aromatic N) is 1. The number of aliphatic hydroxyl groups excluding tert-OH is 1. The fourth-order valence-corrected chi connectivity index (χ4v) is 2.67. The molecule has 2 aliphatic rings. The molecule has 0 aliphatic carbocycles. The van der Waals surface area contributed by atoms with Crippen molar-refractivity contribution in [3.05, 3.63) is 47.7 Å². The van der Waals surface area contributed by atoms with Gasteiger partial charge >= 0.3 is 5.97 Å². The molecule has 1 aromatic rings. The highest BCUT2D eigenvalue weighted by molar-refractivity contribution is 5.85. The first-order chi connectivity index (χ1) is 10.7. The summed E-state index contributed by atoms with van der Waals surface area (Å²) in [6.07, 6.45) is 1.53. The van der Waals surface area contributed by atoms with E-state index in [1.54, 1.807) is 0 Å². The molecule has 2 heterocycles. The number of hydrogen-bond acceptors (Lipinski definition) is 5. The molecule has 2 saturated heterocycles. The lowest BCUT2D eigenvalue weighted by Crippen LogP contribution is -2.53. The zero-order chi connectivity index (χ0) is 15.5. The lowest BCUT2D eigenvalue weighted by Gasteiger charge is -2.34. The summed E-state index contributed by atoms with van der Waals surface area (Å²) in [6.45, 7) is 0.00329. The van der Waals surface area contributed by atoms with Crippen molar-refractivity contribution >= 4 is 11.9 Å². The van der Waals surface area contributed by atoms with Crippen LogP contribution in [0.5, 0.6) is 0 Å². The average molecular weight is 303 g/mol. The van der Waals surface area contributed by atoms with Crippen LogP contribution in [0, 0.1) is 0 Å². The lowest BCUT2D eigenvalue weighted by molar-refractivity contribution is -0.158. The Kier molecular flexibility index (Phi) is 4.11. The lowest BCUT2D eigenvalue weighted by atomic mass is 10.1. The molecule has 0 aromatic heterocycles. The number of rotatable bonds is 5. The number of β-lactam (4-membered cyclic amide) rings is 1. The van der Waals surface area contributed by atoms with Gasteiger partial charge in [0.1, 0.15) is 18.4 Å². The van der Waals surface area contributed by atoms with Crippen LogP contribution in [0.25, 0.3) is 0 Å². The van der Waals surface area contributed by atoms with Gasteiger partial charge in [-0.1, -0.05) is 30.3 Å². The highest BCUT2D eigenvalue weighted by atomic mass is 16.5. The number of esters is 1. The third kappa shape index (κ3) is 2.82. The van der Waals surface area contributed by atoms with Crippen LogP contribution in [0.4, 0.5) is 0 Å². The molecular weight excluding hydrogens is 286 g/mol. The van der Waals surface area contributed by atoms with Gasteiger partial charge in [0.2, 0.25) is 5.91 Å². The molecule has 6 nitrogen and oxygen atoms in total. The van der Waals surface area contributed by atoms with Crippen molar-refractivity contribution in [2.24, 2.45) is 0 Å². The van der Waals surface area contributed by atoms with Gasteiger partial charge in [0.25, 0.3) is 0 Å². The minimum absolute atomic E-state index is 0.0287. The number of hydrogen-bond donors (Lipinski definition) is 1. The topological polar surface area (TPSA) is 76.1 Å². The summed E-state index contributed by atoms with van der Waals surface area (Å²) in [5.41, 5.74) is 0.905. The summed E-state index contributed by atoms with van der Waals surface area (Å²) in [4.78, 5) is 25.2. The molecular formula is C16H17NO5. The first kappa shape index (κ1) is 14.6. The largest absolute Gasteiger partial charge is 0.472 e. The number of aliphatic hydroxyl groups is 1. The van der Waals surface area contributed by atoms with Crippen LogP contribution in [-0.2, 0) is 25.7 Å². The summed E-state index contributed by atoms with van der Waals surface area (Å²) in [6, 6.07) is 8.92. The van der Waals surface area contributed by atoms with E-state index in [0.717, 1.165) is 5.56 Å². The molecule has 2 fully saturated rings. The van der Waals surface area contributed by atoms with Gasteiger partial charge in [-0.15, -0.1) is 0 Å². The summed E-state index contributed by atoms with van der Waals surface area (Å²) in [7, 11) is 0. The van der Waals surface area contributed by atoms with E-state index in [1.165, 1.54) is 11.0 Å². The average Bonchev–Trinajstić information content (AvgIpc) is 2.78. The van der Waals surface area contributed by atoms with E-state index in [4.69, 9.17) is 14.6 Å². The number of fused-ring (bicyclic) bond motifs is 1. The van der Waals surface area contributed by atoms with Crippen molar-refractivity contribution in [3.63, 3.8) is 0 Å². The Morgan fingerprint density at radius 2 is 2.18 bits per heavy atom. The summed E-state index contributed by atoms with van der Waals surface area (Å²) >= 11 is 0. The van der Waals surface area contributed by atoms with Crippen molar-refractivity contribution in [2.75, 3.05) is 6.61 Å². The predicted octanol–water partition coefficient (Wildman–Crippen LogP) is 0.953. The second-order valence-corrected chi connectivity index (χ2v) is 5.23. The van der Waals surface area contributed by atoms with Crippen LogP contribution in [0.2, 0.25) is 0 Å². The van der Waals surface area contributed by atoms with Crippen LogP contribution in [0.15, 0.2) is 42.2 Å². The number of carbonyl (C=O) groups is 2. The molecule has 6 heteroatoms. The standard InChI is InChI=1S/C16H17NO5/c18-7-6-13-12(17-14(19)9-15(17)22-13)8-16(20)21-10-11-4-2-1-3-5-11/h1-6,12,15,18H,7-10H2. The zero-order valence-corrected chi connectivity index (χ0v) is 12.0. The summed E-state index contributed by atoms with van der Waals surface area (Å²) in [5, 5.41) is 9.01. The molecule has 2 aliphatic heterocycles. The summed E-state index contributed by atoms with van der Waals surface area (Å²) in [5.74, 6) is 0.0175. The van der Waals surface area contributed by atoms with Crippen molar-refractivity contribution < 1.29 is 24.2 Å². The third-order valence-corrected chi connectivity index (χ3v) is 3.78. The molecule has 0 bridgehead atoms. The molecule has 3 rings (SSSR count). The van der Waals surface area contributed by atoms with Gasteiger partial charge in [0.05, 0.1) is 19.4 Å². The van der Waals surface area contributed by atoms with Gasteiger partial charge < -0.3 is 14.6 Å². The van der Waals surface area contributed by atoms with E-state index in [2.05, 4.69) is 0 Å². The number of carbonyl (C=O) groups excluding carboxylic acids is 2. The van der Waals surface area contributed by atoms with E-state index in [9.17, 15) is 9.59 Å². The quantitative estimate of drug-likeness (QED) is 0.647. The number of ether oxygens (including phenoxy) is 2. The highest BCUT2D eigenvalue weighted by Crippen LogP contribution is 2.37. The van der Waals surface area contributed by atoms with E-state index in [1.807, 2.05) is 30.3 Å². The van der Waals surface area contributed by atoms with Gasteiger partial charge in [0.15, 0.2) is 6.23 Å². The summed E-state index contributed by atoms with van der Waals surface area (Å²) < 4.78 is 10.8.